The van der Waals surface area contributed by atoms with Gasteiger partial charge in [0.25, 0.3) is 5.91 Å². The predicted molar refractivity (Wildman–Crippen MR) is 103 cm³/mol. The molecule has 2 heterocycles. The van der Waals surface area contributed by atoms with Crippen molar-refractivity contribution in [3.63, 3.8) is 0 Å². The quantitative estimate of drug-likeness (QED) is 0.707. The fourth-order valence-corrected chi connectivity index (χ4v) is 4.98. The van der Waals surface area contributed by atoms with Gasteiger partial charge in [0.2, 0.25) is 0 Å². The van der Waals surface area contributed by atoms with Gasteiger partial charge in [-0.05, 0) is 44.7 Å². The van der Waals surface area contributed by atoms with Gasteiger partial charge in [0, 0.05) is 29.9 Å². The van der Waals surface area contributed by atoms with Crippen molar-refractivity contribution in [1.82, 2.24) is 9.88 Å². The Balaban J connectivity index is 1.42. The van der Waals surface area contributed by atoms with Gasteiger partial charge < -0.3 is 9.64 Å². The van der Waals surface area contributed by atoms with Gasteiger partial charge in [-0.1, -0.05) is 30.0 Å². The lowest BCUT2D eigenvalue weighted by molar-refractivity contribution is -0.139. The topological polar surface area (TPSA) is 42.4 Å². The molecule has 1 aromatic carbocycles. The highest BCUT2D eigenvalue weighted by atomic mass is 32.2. The third-order valence-electron chi connectivity index (χ3n) is 4.37. The molecule has 25 heavy (non-hydrogen) atoms. The van der Waals surface area contributed by atoms with Crippen molar-refractivity contribution in [2.45, 2.75) is 37.1 Å². The first-order chi connectivity index (χ1) is 12.1. The Morgan fingerprint density at radius 1 is 1.36 bits per heavy atom. The molecule has 0 N–H and O–H groups in total. The lowest BCUT2D eigenvalue weighted by Gasteiger charge is -2.33. The van der Waals surface area contributed by atoms with Crippen molar-refractivity contribution < 1.29 is 9.53 Å². The van der Waals surface area contributed by atoms with Gasteiger partial charge in [-0.3, -0.25) is 4.79 Å². The number of ether oxygens (including phenoxy) is 1. The third-order valence-corrected chi connectivity index (χ3v) is 6.74. The van der Waals surface area contributed by atoms with Crippen LogP contribution < -0.4 is 4.74 Å². The van der Waals surface area contributed by atoms with E-state index in [2.05, 4.69) is 10.4 Å². The molecule has 1 saturated heterocycles. The molecule has 6 heteroatoms. The van der Waals surface area contributed by atoms with E-state index in [0.29, 0.717) is 5.92 Å². The number of aryl methyl sites for hydroxylation is 1. The van der Waals surface area contributed by atoms with E-state index >= 15 is 0 Å². The van der Waals surface area contributed by atoms with Gasteiger partial charge in [-0.25, -0.2) is 4.98 Å². The summed E-state index contributed by atoms with van der Waals surface area (Å²) in [7, 11) is 0. The molecule has 0 unspecified atom stereocenters. The van der Waals surface area contributed by atoms with Crippen molar-refractivity contribution in [1.29, 1.82) is 0 Å². The molecule has 0 radical (unpaired) electrons. The van der Waals surface area contributed by atoms with E-state index in [4.69, 9.17) is 4.74 Å². The average Bonchev–Trinajstić information content (AvgIpc) is 3.06. The van der Waals surface area contributed by atoms with Crippen LogP contribution in [0.1, 0.15) is 25.5 Å². The van der Waals surface area contributed by atoms with Crippen LogP contribution in [-0.2, 0) is 4.79 Å². The van der Waals surface area contributed by atoms with Gasteiger partial charge in [-0.2, -0.15) is 0 Å². The molecular weight excluding hydrogens is 352 g/mol. The van der Waals surface area contributed by atoms with Crippen LogP contribution in [0.2, 0.25) is 0 Å². The number of rotatable bonds is 6. The molecule has 4 nitrogen and oxygen atoms in total. The first-order valence-electron chi connectivity index (χ1n) is 8.67. The Hall–Kier alpha value is -1.53. The van der Waals surface area contributed by atoms with E-state index in [1.54, 1.807) is 11.3 Å². The number of likely N-dealkylation sites (tertiary alicyclic amines) is 1. The molecule has 1 atom stereocenters. The number of hydrogen-bond acceptors (Lipinski definition) is 5. The van der Waals surface area contributed by atoms with Crippen LogP contribution in [0.5, 0.6) is 5.75 Å². The van der Waals surface area contributed by atoms with Crippen LogP contribution in [0.4, 0.5) is 0 Å². The van der Waals surface area contributed by atoms with Crippen LogP contribution in [0.25, 0.3) is 0 Å². The SMILES string of the molecule is Cc1csc(SCC2CCN(C(=O)[C@@H](C)Oc3ccccc3)CC2)n1. The summed E-state index contributed by atoms with van der Waals surface area (Å²) < 4.78 is 6.92. The number of carbonyl (C=O) groups excluding carboxylic acids is 1. The molecule has 2 aromatic rings. The summed E-state index contributed by atoms with van der Waals surface area (Å²) in [6, 6.07) is 9.54. The summed E-state index contributed by atoms with van der Waals surface area (Å²) >= 11 is 3.56. The number of hydrogen-bond donors (Lipinski definition) is 0. The molecule has 1 aliphatic heterocycles. The highest BCUT2D eigenvalue weighted by Crippen LogP contribution is 2.28. The standard InChI is InChI=1S/C19H24N2O2S2/c1-14-12-24-19(20-14)25-13-16-8-10-21(11-9-16)18(22)15(2)23-17-6-4-3-5-7-17/h3-7,12,15-16H,8-11,13H2,1-2H3/t15-/m1/s1. The molecule has 1 aromatic heterocycles. The molecule has 1 fully saturated rings. The highest BCUT2D eigenvalue weighted by molar-refractivity contribution is 8.01. The number of thiazole rings is 1. The Morgan fingerprint density at radius 2 is 2.08 bits per heavy atom. The summed E-state index contributed by atoms with van der Waals surface area (Å²) in [5.41, 5.74) is 1.10. The van der Waals surface area contributed by atoms with Gasteiger partial charge in [0.15, 0.2) is 6.10 Å². The number of carbonyl (C=O) groups is 1. The van der Waals surface area contributed by atoms with Gasteiger partial charge in [0.1, 0.15) is 10.1 Å². The fraction of sp³-hybridized carbons (Fsp3) is 0.474. The molecule has 0 bridgehead atoms. The number of thioether (sulfide) groups is 1. The van der Waals surface area contributed by atoms with Crippen molar-refractivity contribution in [3.8, 4) is 5.75 Å². The van der Waals surface area contributed by atoms with Crippen molar-refractivity contribution in [3.05, 3.63) is 41.4 Å². The van der Waals surface area contributed by atoms with Crippen LogP contribution in [0, 0.1) is 12.8 Å². The maximum Gasteiger partial charge on any atom is 0.263 e. The van der Waals surface area contributed by atoms with Crippen LogP contribution in [0.3, 0.4) is 0 Å². The summed E-state index contributed by atoms with van der Waals surface area (Å²) in [6.07, 6.45) is 1.68. The molecule has 3 rings (SSSR count). The van der Waals surface area contributed by atoms with E-state index in [1.807, 2.05) is 60.8 Å². The molecular formula is C19H24N2O2S2. The molecule has 1 amide bonds. The van der Waals surface area contributed by atoms with Crippen molar-refractivity contribution in [2.75, 3.05) is 18.8 Å². The zero-order chi connectivity index (χ0) is 17.6. The maximum atomic E-state index is 12.6. The van der Waals surface area contributed by atoms with Crippen LogP contribution in [0.15, 0.2) is 40.1 Å². The predicted octanol–water partition coefficient (Wildman–Crippen LogP) is 4.25. The smallest absolute Gasteiger partial charge is 0.263 e. The number of para-hydroxylation sites is 1. The van der Waals surface area contributed by atoms with E-state index < -0.39 is 6.10 Å². The first-order valence-corrected chi connectivity index (χ1v) is 10.5. The molecule has 1 aliphatic rings. The second-order valence-corrected chi connectivity index (χ2v) is 8.53. The maximum absolute atomic E-state index is 12.6. The first kappa shape index (κ1) is 18.3. The highest BCUT2D eigenvalue weighted by Gasteiger charge is 2.27. The van der Waals surface area contributed by atoms with Crippen molar-refractivity contribution >= 4 is 29.0 Å². The minimum atomic E-state index is -0.438. The lowest BCUT2D eigenvalue weighted by atomic mass is 9.98. The number of piperidine rings is 1. The van der Waals surface area contributed by atoms with Gasteiger partial charge >= 0.3 is 0 Å². The number of nitrogens with zero attached hydrogens (tertiary/aromatic N) is 2. The Kier molecular flexibility index (Phi) is 6.37. The second-order valence-electron chi connectivity index (χ2n) is 6.41. The van der Waals surface area contributed by atoms with Crippen molar-refractivity contribution in [2.24, 2.45) is 5.92 Å². The number of aromatic nitrogens is 1. The normalized spacial score (nSPS) is 16.6. The Labute approximate surface area is 157 Å². The van der Waals surface area contributed by atoms with Gasteiger partial charge in [-0.15, -0.1) is 11.3 Å². The number of amides is 1. The zero-order valence-corrected chi connectivity index (χ0v) is 16.3. The summed E-state index contributed by atoms with van der Waals surface area (Å²) in [5, 5.41) is 2.09. The second kappa shape index (κ2) is 8.72. The number of benzene rings is 1. The van der Waals surface area contributed by atoms with E-state index in [0.717, 1.165) is 47.5 Å². The Bertz CT molecular complexity index is 682. The average molecular weight is 377 g/mol. The lowest BCUT2D eigenvalue weighted by Crippen LogP contribution is -2.45. The fourth-order valence-electron chi connectivity index (χ4n) is 2.92. The van der Waals surface area contributed by atoms with E-state index in [9.17, 15) is 4.79 Å². The summed E-state index contributed by atoms with van der Waals surface area (Å²) in [4.78, 5) is 19.0. The summed E-state index contributed by atoms with van der Waals surface area (Å²) in [5.74, 6) is 2.58. The summed E-state index contributed by atoms with van der Waals surface area (Å²) in [6.45, 7) is 5.51. The van der Waals surface area contributed by atoms with Gasteiger partial charge in [0.05, 0.1) is 0 Å². The van der Waals surface area contributed by atoms with Crippen LogP contribution >= 0.6 is 23.1 Å². The largest absolute Gasteiger partial charge is 0.481 e. The van der Waals surface area contributed by atoms with E-state index in [-0.39, 0.29) is 5.91 Å². The Morgan fingerprint density at radius 3 is 2.72 bits per heavy atom. The van der Waals surface area contributed by atoms with Crippen LogP contribution in [-0.4, -0.2) is 40.7 Å². The third kappa shape index (κ3) is 5.22. The minimum Gasteiger partial charge on any atom is -0.481 e. The molecule has 0 aliphatic carbocycles. The zero-order valence-electron chi connectivity index (χ0n) is 14.7. The molecule has 134 valence electrons. The van der Waals surface area contributed by atoms with E-state index in [1.165, 1.54) is 0 Å². The molecule has 0 saturated carbocycles. The minimum absolute atomic E-state index is 0.0884. The molecule has 0 spiro atoms. The monoisotopic (exact) mass is 376 g/mol.